The number of nitrogens with zero attached hydrogens (tertiary/aromatic N) is 3. The van der Waals surface area contributed by atoms with Crippen molar-refractivity contribution in [1.29, 1.82) is 0 Å². The number of hydrogen-bond donors (Lipinski definition) is 2. The Balaban J connectivity index is 2.35. The molecule has 0 unspecified atom stereocenters. The molecule has 0 saturated carbocycles. The van der Waals surface area contributed by atoms with Gasteiger partial charge in [-0.15, -0.1) is 0 Å². The van der Waals surface area contributed by atoms with E-state index in [1.165, 1.54) is 12.1 Å². The molecule has 0 spiro atoms. The van der Waals surface area contributed by atoms with Crippen LogP contribution in [0.4, 0.5) is 17.1 Å². The van der Waals surface area contributed by atoms with Crippen molar-refractivity contribution in [2.75, 3.05) is 5.32 Å². The van der Waals surface area contributed by atoms with Gasteiger partial charge in [0.1, 0.15) is 0 Å². The number of aromatic nitrogens is 2. The Hall–Kier alpha value is -2.90. The molecule has 0 bridgehead atoms. The van der Waals surface area contributed by atoms with E-state index in [1.54, 1.807) is 17.1 Å². The van der Waals surface area contributed by atoms with Gasteiger partial charge in [-0.25, -0.2) is 4.79 Å². The Morgan fingerprint density at radius 2 is 2.30 bits per heavy atom. The van der Waals surface area contributed by atoms with Gasteiger partial charge in [-0.3, -0.25) is 14.8 Å². The molecule has 2 N–H and O–H groups in total. The monoisotopic (exact) mass is 276 g/mol. The van der Waals surface area contributed by atoms with Gasteiger partial charge in [0.25, 0.3) is 5.69 Å². The first-order valence-corrected chi connectivity index (χ1v) is 5.82. The minimum atomic E-state index is -1.24. The second-order valence-electron chi connectivity index (χ2n) is 4.00. The van der Waals surface area contributed by atoms with Crippen molar-refractivity contribution < 1.29 is 14.8 Å². The topological polar surface area (TPSA) is 110 Å². The Bertz CT molecular complexity index is 665. The van der Waals surface area contributed by atoms with E-state index in [1.807, 2.05) is 6.92 Å². The molecule has 0 fully saturated rings. The standard InChI is InChI=1S/C12H12N4O4/c1-2-15-7-8(6-13-15)14-11-4-3-9(16(19)20)5-10(11)12(17)18/h3-7,14H,2H2,1H3,(H,17,18). The number of carboxylic acids is 1. The van der Waals surface area contributed by atoms with Crippen LogP contribution in [0.25, 0.3) is 0 Å². The highest BCUT2D eigenvalue weighted by Gasteiger charge is 2.16. The molecule has 0 aliphatic carbocycles. The maximum absolute atomic E-state index is 11.2. The lowest BCUT2D eigenvalue weighted by Crippen LogP contribution is -2.03. The largest absolute Gasteiger partial charge is 0.478 e. The highest BCUT2D eigenvalue weighted by molar-refractivity contribution is 5.96. The minimum absolute atomic E-state index is 0.163. The number of aryl methyl sites for hydroxylation is 1. The quantitative estimate of drug-likeness (QED) is 0.640. The molecule has 0 saturated heterocycles. The summed E-state index contributed by atoms with van der Waals surface area (Å²) in [5.74, 6) is -1.24. The molecule has 104 valence electrons. The second kappa shape index (κ2) is 5.39. The molecule has 0 amide bonds. The van der Waals surface area contributed by atoms with E-state index >= 15 is 0 Å². The van der Waals surface area contributed by atoms with Crippen molar-refractivity contribution in [2.45, 2.75) is 13.5 Å². The van der Waals surface area contributed by atoms with Gasteiger partial charge in [-0.1, -0.05) is 0 Å². The van der Waals surface area contributed by atoms with Crippen LogP contribution >= 0.6 is 0 Å². The highest BCUT2D eigenvalue weighted by Crippen LogP contribution is 2.25. The van der Waals surface area contributed by atoms with Crippen LogP contribution in [0.1, 0.15) is 17.3 Å². The van der Waals surface area contributed by atoms with E-state index in [0.29, 0.717) is 12.2 Å². The third-order valence-electron chi connectivity index (χ3n) is 2.68. The fourth-order valence-corrected chi connectivity index (χ4v) is 1.69. The van der Waals surface area contributed by atoms with Gasteiger partial charge < -0.3 is 10.4 Å². The third kappa shape index (κ3) is 2.74. The number of hydrogen-bond acceptors (Lipinski definition) is 5. The first-order chi connectivity index (χ1) is 9.51. The van der Waals surface area contributed by atoms with E-state index in [4.69, 9.17) is 5.11 Å². The van der Waals surface area contributed by atoms with Crippen molar-refractivity contribution in [3.63, 3.8) is 0 Å². The number of nitro groups is 1. The molecule has 1 aromatic carbocycles. The Kier molecular flexibility index (Phi) is 3.65. The van der Waals surface area contributed by atoms with Crippen molar-refractivity contribution in [1.82, 2.24) is 9.78 Å². The first-order valence-electron chi connectivity index (χ1n) is 5.82. The van der Waals surface area contributed by atoms with Crippen LogP contribution in [-0.2, 0) is 6.54 Å². The molecule has 2 rings (SSSR count). The number of nitro benzene ring substituents is 1. The van der Waals surface area contributed by atoms with Crippen LogP contribution in [0, 0.1) is 10.1 Å². The first kappa shape index (κ1) is 13.5. The average molecular weight is 276 g/mol. The van der Waals surface area contributed by atoms with Crippen LogP contribution in [-0.4, -0.2) is 25.8 Å². The van der Waals surface area contributed by atoms with E-state index < -0.39 is 10.9 Å². The van der Waals surface area contributed by atoms with Crippen LogP contribution in [0.3, 0.4) is 0 Å². The number of carbonyl (C=O) groups is 1. The average Bonchev–Trinajstić information content (AvgIpc) is 2.86. The number of benzene rings is 1. The molecule has 1 aromatic heterocycles. The van der Waals surface area contributed by atoms with Gasteiger partial charge in [0, 0.05) is 24.9 Å². The minimum Gasteiger partial charge on any atom is -0.478 e. The summed E-state index contributed by atoms with van der Waals surface area (Å²) in [5, 5.41) is 26.7. The summed E-state index contributed by atoms with van der Waals surface area (Å²) >= 11 is 0. The predicted molar refractivity (Wildman–Crippen MR) is 71.2 cm³/mol. The maximum Gasteiger partial charge on any atom is 0.338 e. The normalized spacial score (nSPS) is 10.2. The van der Waals surface area contributed by atoms with Crippen LogP contribution in [0.2, 0.25) is 0 Å². The van der Waals surface area contributed by atoms with Gasteiger partial charge in [0.15, 0.2) is 0 Å². The predicted octanol–water partition coefficient (Wildman–Crippen LogP) is 2.25. The lowest BCUT2D eigenvalue weighted by atomic mass is 10.1. The van der Waals surface area contributed by atoms with Crippen molar-refractivity contribution in [2.24, 2.45) is 0 Å². The van der Waals surface area contributed by atoms with Crippen molar-refractivity contribution >= 4 is 23.0 Å². The summed E-state index contributed by atoms with van der Waals surface area (Å²) in [5.41, 5.74) is 0.461. The number of rotatable bonds is 5. The number of anilines is 2. The summed E-state index contributed by atoms with van der Waals surface area (Å²) in [6.45, 7) is 2.61. The fourth-order valence-electron chi connectivity index (χ4n) is 1.69. The van der Waals surface area contributed by atoms with Crippen LogP contribution in [0.5, 0.6) is 0 Å². The van der Waals surface area contributed by atoms with Gasteiger partial charge in [0.2, 0.25) is 0 Å². The van der Waals surface area contributed by atoms with E-state index in [9.17, 15) is 14.9 Å². The lowest BCUT2D eigenvalue weighted by Gasteiger charge is -2.07. The number of aromatic carboxylic acids is 1. The maximum atomic E-state index is 11.2. The van der Waals surface area contributed by atoms with Gasteiger partial charge >= 0.3 is 5.97 Å². The van der Waals surface area contributed by atoms with Gasteiger partial charge in [0.05, 0.1) is 28.1 Å². The smallest absolute Gasteiger partial charge is 0.338 e. The molecule has 0 aliphatic heterocycles. The number of carboxylic acid groups (broad SMARTS) is 1. The lowest BCUT2D eigenvalue weighted by molar-refractivity contribution is -0.384. The molecule has 0 atom stereocenters. The summed E-state index contributed by atoms with van der Waals surface area (Å²) in [6, 6.07) is 3.64. The van der Waals surface area contributed by atoms with E-state index in [2.05, 4.69) is 10.4 Å². The van der Waals surface area contributed by atoms with Crippen LogP contribution in [0.15, 0.2) is 30.6 Å². The van der Waals surface area contributed by atoms with Gasteiger partial charge in [-0.05, 0) is 13.0 Å². The molecule has 0 radical (unpaired) electrons. The molecule has 1 heterocycles. The number of nitrogens with one attached hydrogen (secondary N) is 1. The SMILES string of the molecule is CCn1cc(Nc2ccc([N+](=O)[O-])cc2C(=O)O)cn1. The zero-order valence-corrected chi connectivity index (χ0v) is 10.6. The molecule has 8 heteroatoms. The summed E-state index contributed by atoms with van der Waals surface area (Å²) in [6.07, 6.45) is 3.27. The molecular formula is C12H12N4O4. The molecular weight excluding hydrogens is 264 g/mol. The second-order valence-corrected chi connectivity index (χ2v) is 4.00. The van der Waals surface area contributed by atoms with Crippen LogP contribution < -0.4 is 5.32 Å². The highest BCUT2D eigenvalue weighted by atomic mass is 16.6. The number of non-ortho nitro benzene ring substituents is 1. The van der Waals surface area contributed by atoms with Crippen molar-refractivity contribution in [3.8, 4) is 0 Å². The fraction of sp³-hybridized carbons (Fsp3) is 0.167. The summed E-state index contributed by atoms with van der Waals surface area (Å²) in [7, 11) is 0. The molecule has 20 heavy (non-hydrogen) atoms. The van der Waals surface area contributed by atoms with E-state index in [0.717, 1.165) is 6.07 Å². The van der Waals surface area contributed by atoms with Gasteiger partial charge in [-0.2, -0.15) is 5.10 Å². The molecule has 8 nitrogen and oxygen atoms in total. The third-order valence-corrected chi connectivity index (χ3v) is 2.68. The zero-order valence-electron chi connectivity index (χ0n) is 10.6. The van der Waals surface area contributed by atoms with E-state index in [-0.39, 0.29) is 16.9 Å². The Morgan fingerprint density at radius 1 is 1.55 bits per heavy atom. The summed E-state index contributed by atoms with van der Waals surface area (Å²) < 4.78 is 1.67. The zero-order chi connectivity index (χ0) is 14.7. The van der Waals surface area contributed by atoms with Crippen molar-refractivity contribution in [3.05, 3.63) is 46.3 Å². The summed E-state index contributed by atoms with van der Waals surface area (Å²) in [4.78, 5) is 21.2. The molecule has 0 aliphatic rings. The Morgan fingerprint density at radius 3 is 2.85 bits per heavy atom. The Labute approximate surface area is 113 Å². The molecule has 2 aromatic rings.